The van der Waals surface area contributed by atoms with Gasteiger partial charge in [-0.2, -0.15) is 0 Å². The van der Waals surface area contributed by atoms with Gasteiger partial charge in [0.15, 0.2) is 0 Å². The lowest BCUT2D eigenvalue weighted by Gasteiger charge is -2.38. The number of morpholine rings is 1. The smallest absolute Gasteiger partial charge is 0.318 e. The summed E-state index contributed by atoms with van der Waals surface area (Å²) in [5.74, 6) is 0.0910. The normalized spacial score (nSPS) is 32.0. The molecule has 2 aliphatic heterocycles. The molecular weight excluding hydrogens is 306 g/mol. The van der Waals surface area contributed by atoms with E-state index in [0.717, 1.165) is 25.7 Å². The van der Waals surface area contributed by atoms with E-state index in [0.29, 0.717) is 19.6 Å². The maximum atomic E-state index is 12.9. The predicted molar refractivity (Wildman–Crippen MR) is 91.7 cm³/mol. The molecule has 0 aromatic carbocycles. The van der Waals surface area contributed by atoms with Crippen LogP contribution in [0.5, 0.6) is 0 Å². The lowest BCUT2D eigenvalue weighted by Crippen LogP contribution is -2.56. The number of nitrogens with zero attached hydrogens (tertiary/aromatic N) is 2. The molecule has 1 N–H and O–H groups in total. The average molecular weight is 337 g/mol. The Morgan fingerprint density at radius 2 is 1.62 bits per heavy atom. The van der Waals surface area contributed by atoms with Gasteiger partial charge in [-0.1, -0.05) is 19.3 Å². The molecule has 3 fully saturated rings. The van der Waals surface area contributed by atoms with E-state index in [4.69, 9.17) is 4.74 Å². The maximum absolute atomic E-state index is 12.9. The predicted octanol–water partition coefficient (Wildman–Crippen LogP) is 2.13. The first-order chi connectivity index (χ1) is 11.5. The van der Waals surface area contributed by atoms with Crippen LogP contribution >= 0.6 is 0 Å². The third-order valence-electron chi connectivity index (χ3n) is 5.46. The van der Waals surface area contributed by atoms with Crippen molar-refractivity contribution in [3.8, 4) is 0 Å². The maximum Gasteiger partial charge on any atom is 0.318 e. The molecule has 6 heteroatoms. The Morgan fingerprint density at radius 1 is 0.958 bits per heavy atom. The van der Waals surface area contributed by atoms with Crippen LogP contribution in [0.2, 0.25) is 0 Å². The second-order valence-electron chi connectivity index (χ2n) is 7.64. The van der Waals surface area contributed by atoms with Crippen molar-refractivity contribution in [3.63, 3.8) is 0 Å². The van der Waals surface area contributed by atoms with Gasteiger partial charge in [0, 0.05) is 25.7 Å². The number of nitrogens with one attached hydrogen (secondary N) is 1. The summed E-state index contributed by atoms with van der Waals surface area (Å²) in [6.45, 7) is 5.93. The van der Waals surface area contributed by atoms with Crippen LogP contribution in [-0.4, -0.2) is 65.7 Å². The van der Waals surface area contributed by atoms with E-state index in [9.17, 15) is 9.59 Å². The number of rotatable bonds is 2. The van der Waals surface area contributed by atoms with Crippen LogP contribution in [-0.2, 0) is 9.53 Å². The fourth-order valence-corrected chi connectivity index (χ4v) is 4.34. The minimum Gasteiger partial charge on any atom is -0.372 e. The Hall–Kier alpha value is -1.30. The molecular formula is C18H31N3O3. The van der Waals surface area contributed by atoms with Crippen LogP contribution in [0.4, 0.5) is 4.79 Å². The van der Waals surface area contributed by atoms with E-state index in [1.807, 2.05) is 18.7 Å². The van der Waals surface area contributed by atoms with Crippen molar-refractivity contribution < 1.29 is 14.3 Å². The highest BCUT2D eigenvalue weighted by Crippen LogP contribution is 2.23. The summed E-state index contributed by atoms with van der Waals surface area (Å²) < 4.78 is 5.72. The number of likely N-dealkylation sites (tertiary alicyclic amines) is 1. The van der Waals surface area contributed by atoms with Gasteiger partial charge in [0.1, 0.15) is 6.04 Å². The van der Waals surface area contributed by atoms with E-state index in [1.165, 1.54) is 19.3 Å². The summed E-state index contributed by atoms with van der Waals surface area (Å²) in [5.41, 5.74) is 0. The zero-order chi connectivity index (χ0) is 17.1. The van der Waals surface area contributed by atoms with Gasteiger partial charge >= 0.3 is 6.03 Å². The second-order valence-corrected chi connectivity index (χ2v) is 7.64. The van der Waals surface area contributed by atoms with Crippen LogP contribution in [0.15, 0.2) is 0 Å². The lowest BCUT2D eigenvalue weighted by molar-refractivity contribution is -0.147. The average Bonchev–Trinajstić information content (AvgIpc) is 3.04. The van der Waals surface area contributed by atoms with Crippen molar-refractivity contribution in [2.24, 2.45) is 0 Å². The molecule has 1 saturated carbocycles. The molecule has 3 amide bonds. The highest BCUT2D eigenvalue weighted by Gasteiger charge is 2.39. The minimum absolute atomic E-state index is 0.0490. The zero-order valence-corrected chi connectivity index (χ0v) is 15.0. The van der Waals surface area contributed by atoms with Gasteiger partial charge in [-0.15, -0.1) is 0 Å². The zero-order valence-electron chi connectivity index (χ0n) is 15.0. The molecule has 3 atom stereocenters. The summed E-state index contributed by atoms with van der Waals surface area (Å²) in [6, 6.07) is -0.0655. The molecule has 0 unspecified atom stereocenters. The fraction of sp³-hybridized carbons (Fsp3) is 0.889. The Labute approximate surface area is 144 Å². The van der Waals surface area contributed by atoms with E-state index < -0.39 is 0 Å². The van der Waals surface area contributed by atoms with Crippen molar-refractivity contribution in [3.05, 3.63) is 0 Å². The van der Waals surface area contributed by atoms with Crippen molar-refractivity contribution in [2.45, 2.75) is 83.1 Å². The Kier molecular flexibility index (Phi) is 5.64. The fourth-order valence-electron chi connectivity index (χ4n) is 4.34. The summed E-state index contributed by atoms with van der Waals surface area (Å²) in [4.78, 5) is 29.3. The molecule has 6 nitrogen and oxygen atoms in total. The minimum atomic E-state index is -0.300. The first-order valence-corrected chi connectivity index (χ1v) is 9.56. The molecule has 0 radical (unpaired) electrons. The quantitative estimate of drug-likeness (QED) is 0.840. The van der Waals surface area contributed by atoms with Crippen molar-refractivity contribution in [1.82, 2.24) is 15.1 Å². The van der Waals surface area contributed by atoms with Gasteiger partial charge in [-0.05, 0) is 39.5 Å². The highest BCUT2D eigenvalue weighted by molar-refractivity contribution is 5.88. The molecule has 136 valence electrons. The molecule has 0 aromatic heterocycles. The monoisotopic (exact) mass is 337 g/mol. The van der Waals surface area contributed by atoms with Gasteiger partial charge in [0.2, 0.25) is 5.91 Å². The molecule has 0 bridgehead atoms. The van der Waals surface area contributed by atoms with Crippen LogP contribution in [0.25, 0.3) is 0 Å². The van der Waals surface area contributed by atoms with Crippen molar-refractivity contribution >= 4 is 11.9 Å². The van der Waals surface area contributed by atoms with Gasteiger partial charge in [0.05, 0.1) is 12.2 Å². The van der Waals surface area contributed by atoms with Gasteiger partial charge in [0.25, 0.3) is 0 Å². The first-order valence-electron chi connectivity index (χ1n) is 9.56. The molecule has 3 rings (SSSR count). The van der Waals surface area contributed by atoms with Gasteiger partial charge < -0.3 is 19.9 Å². The van der Waals surface area contributed by atoms with Crippen LogP contribution in [0, 0.1) is 0 Å². The second kappa shape index (κ2) is 7.72. The van der Waals surface area contributed by atoms with Crippen LogP contribution in [0.3, 0.4) is 0 Å². The molecule has 3 aliphatic rings. The number of amides is 3. The number of hydrogen-bond donors (Lipinski definition) is 1. The van der Waals surface area contributed by atoms with Gasteiger partial charge in [-0.3, -0.25) is 4.79 Å². The number of urea groups is 1. The standard InChI is InChI=1S/C18H31N3O3/c1-13-11-20(12-14(2)24-13)17(22)16-9-6-10-21(16)18(23)19-15-7-4-3-5-8-15/h13-16H,3-12H2,1-2H3,(H,19,23)/t13-,14-,16-/m1/s1. The first kappa shape index (κ1) is 17.5. The van der Waals surface area contributed by atoms with Crippen molar-refractivity contribution in [2.75, 3.05) is 19.6 Å². The topological polar surface area (TPSA) is 61.9 Å². The summed E-state index contributed by atoms with van der Waals surface area (Å²) >= 11 is 0. The molecule has 1 aliphatic carbocycles. The summed E-state index contributed by atoms with van der Waals surface area (Å²) in [6.07, 6.45) is 7.58. The molecule has 2 saturated heterocycles. The van der Waals surface area contributed by atoms with Crippen LogP contribution in [0.1, 0.15) is 58.8 Å². The largest absolute Gasteiger partial charge is 0.372 e. The molecule has 0 aromatic rings. The number of carbonyl (C=O) groups excluding carboxylic acids is 2. The van der Waals surface area contributed by atoms with E-state index >= 15 is 0 Å². The van der Waals surface area contributed by atoms with Gasteiger partial charge in [-0.25, -0.2) is 4.79 Å². The third kappa shape index (κ3) is 4.02. The molecule has 24 heavy (non-hydrogen) atoms. The summed E-state index contributed by atoms with van der Waals surface area (Å²) in [5, 5.41) is 3.16. The van der Waals surface area contributed by atoms with E-state index in [1.54, 1.807) is 4.90 Å². The SMILES string of the molecule is C[C@@H]1CN(C(=O)[C@H]2CCCN2C(=O)NC2CCCCC2)C[C@@H](C)O1. The van der Waals surface area contributed by atoms with Crippen LogP contribution < -0.4 is 5.32 Å². The van der Waals surface area contributed by atoms with E-state index in [-0.39, 0.29) is 36.2 Å². The Bertz CT molecular complexity index is 454. The highest BCUT2D eigenvalue weighted by atomic mass is 16.5. The Balaban J connectivity index is 1.59. The Morgan fingerprint density at radius 3 is 2.29 bits per heavy atom. The summed E-state index contributed by atoms with van der Waals surface area (Å²) in [7, 11) is 0. The molecule has 2 heterocycles. The number of carbonyl (C=O) groups is 2. The third-order valence-corrected chi connectivity index (χ3v) is 5.46. The van der Waals surface area contributed by atoms with Crippen molar-refractivity contribution in [1.29, 1.82) is 0 Å². The number of hydrogen-bond acceptors (Lipinski definition) is 3. The lowest BCUT2D eigenvalue weighted by atomic mass is 9.96. The van der Waals surface area contributed by atoms with E-state index in [2.05, 4.69) is 5.32 Å². The number of ether oxygens (including phenoxy) is 1. The molecule has 0 spiro atoms.